The first-order valence-electron chi connectivity index (χ1n) is 7.79. The molecule has 0 aliphatic carbocycles. The van der Waals surface area contributed by atoms with Crippen molar-refractivity contribution in [3.8, 4) is 0 Å². The van der Waals surface area contributed by atoms with E-state index in [1.807, 2.05) is 43.3 Å². The highest BCUT2D eigenvalue weighted by Crippen LogP contribution is 2.15. The lowest BCUT2D eigenvalue weighted by molar-refractivity contribution is -0.149. The Morgan fingerprint density at radius 3 is 1.87 bits per heavy atom. The Bertz CT molecular complexity index is 547. The van der Waals surface area contributed by atoms with Crippen LogP contribution < -0.4 is 0 Å². The van der Waals surface area contributed by atoms with Gasteiger partial charge in [-0.2, -0.15) is 0 Å². The Morgan fingerprint density at radius 1 is 1.00 bits per heavy atom. The molecule has 4 heteroatoms. The third-order valence-corrected chi connectivity index (χ3v) is 3.89. The average Bonchev–Trinajstić information content (AvgIpc) is 2.57. The van der Waals surface area contributed by atoms with Gasteiger partial charge in [0.2, 0.25) is 0 Å². The van der Waals surface area contributed by atoms with E-state index in [1.54, 1.807) is 0 Å². The van der Waals surface area contributed by atoms with Crippen LogP contribution in [0.2, 0.25) is 0 Å². The van der Waals surface area contributed by atoms with E-state index in [0.29, 0.717) is 19.7 Å². The van der Waals surface area contributed by atoms with E-state index < -0.39 is 6.04 Å². The van der Waals surface area contributed by atoms with Gasteiger partial charge in [0.05, 0.1) is 6.61 Å². The van der Waals surface area contributed by atoms with E-state index in [4.69, 9.17) is 16.3 Å². The second-order valence-corrected chi connectivity index (χ2v) is 5.61. The number of halogens is 1. The topological polar surface area (TPSA) is 29.5 Å². The summed E-state index contributed by atoms with van der Waals surface area (Å²) in [7, 11) is 0. The van der Waals surface area contributed by atoms with Crippen molar-refractivity contribution < 1.29 is 9.53 Å². The van der Waals surface area contributed by atoms with E-state index in [1.165, 1.54) is 0 Å². The normalized spacial score (nSPS) is 12.1. The highest BCUT2D eigenvalue weighted by Gasteiger charge is 2.26. The lowest BCUT2D eigenvalue weighted by atomic mass is 10.1. The maximum absolute atomic E-state index is 12.2. The third kappa shape index (κ3) is 5.38. The maximum Gasteiger partial charge on any atom is 0.324 e. The number of hydrogen-bond donors (Lipinski definition) is 0. The molecule has 0 bridgehead atoms. The minimum Gasteiger partial charge on any atom is -0.465 e. The number of esters is 1. The molecule has 0 fully saturated rings. The zero-order chi connectivity index (χ0) is 16.5. The molecule has 0 unspecified atom stereocenters. The molecular formula is C19H22ClNO2. The minimum absolute atomic E-state index is 0.207. The van der Waals surface area contributed by atoms with Crippen molar-refractivity contribution in [2.75, 3.05) is 12.5 Å². The predicted octanol–water partition coefficient (Wildman–Crippen LogP) is 3.86. The van der Waals surface area contributed by atoms with Gasteiger partial charge in [-0.15, -0.1) is 11.6 Å². The Balaban J connectivity index is 2.20. The van der Waals surface area contributed by atoms with Gasteiger partial charge in [0.1, 0.15) is 6.04 Å². The number of benzene rings is 2. The van der Waals surface area contributed by atoms with Gasteiger partial charge < -0.3 is 4.74 Å². The van der Waals surface area contributed by atoms with Gasteiger partial charge in [0.15, 0.2) is 0 Å². The van der Waals surface area contributed by atoms with E-state index in [0.717, 1.165) is 11.1 Å². The van der Waals surface area contributed by atoms with Crippen LogP contribution in [-0.4, -0.2) is 29.4 Å². The van der Waals surface area contributed by atoms with Crippen LogP contribution in [0.15, 0.2) is 60.7 Å². The summed E-state index contributed by atoms with van der Waals surface area (Å²) in [5.74, 6) is -0.0623. The van der Waals surface area contributed by atoms with Gasteiger partial charge in [0, 0.05) is 19.0 Å². The Morgan fingerprint density at radius 2 is 1.48 bits per heavy atom. The lowest BCUT2D eigenvalue weighted by Crippen LogP contribution is -2.42. The smallest absolute Gasteiger partial charge is 0.324 e. The monoisotopic (exact) mass is 331 g/mol. The van der Waals surface area contributed by atoms with E-state index >= 15 is 0 Å². The molecule has 23 heavy (non-hydrogen) atoms. The molecule has 2 rings (SSSR count). The van der Waals surface area contributed by atoms with Crippen LogP contribution in [0.5, 0.6) is 0 Å². The summed E-state index contributed by atoms with van der Waals surface area (Å²) in [6.07, 6.45) is 0. The molecule has 1 atom stereocenters. The predicted molar refractivity (Wildman–Crippen MR) is 93.3 cm³/mol. The quantitative estimate of drug-likeness (QED) is 0.543. The fourth-order valence-electron chi connectivity index (χ4n) is 2.46. The van der Waals surface area contributed by atoms with E-state index in [9.17, 15) is 4.79 Å². The molecule has 122 valence electrons. The molecule has 3 nitrogen and oxygen atoms in total. The molecule has 0 heterocycles. The largest absolute Gasteiger partial charge is 0.465 e. The maximum atomic E-state index is 12.2. The van der Waals surface area contributed by atoms with Crippen LogP contribution in [-0.2, 0) is 22.6 Å². The van der Waals surface area contributed by atoms with Crippen LogP contribution in [0, 0.1) is 0 Å². The Kier molecular flexibility index (Phi) is 7.11. The first-order valence-corrected chi connectivity index (χ1v) is 8.32. The summed E-state index contributed by atoms with van der Waals surface area (Å²) < 4.78 is 5.19. The summed E-state index contributed by atoms with van der Waals surface area (Å²) >= 11 is 6.08. The van der Waals surface area contributed by atoms with Crippen molar-refractivity contribution in [1.29, 1.82) is 0 Å². The summed E-state index contributed by atoms with van der Waals surface area (Å²) in [6.45, 7) is 3.45. The van der Waals surface area contributed by atoms with Crippen molar-refractivity contribution in [2.45, 2.75) is 26.1 Å². The molecule has 2 aromatic carbocycles. The van der Waals surface area contributed by atoms with Crippen LogP contribution in [0.25, 0.3) is 0 Å². The fraction of sp³-hybridized carbons (Fsp3) is 0.316. The molecule has 0 aliphatic rings. The van der Waals surface area contributed by atoms with Gasteiger partial charge in [0.25, 0.3) is 0 Å². The number of rotatable bonds is 8. The Labute approximate surface area is 142 Å². The second-order valence-electron chi connectivity index (χ2n) is 5.30. The van der Waals surface area contributed by atoms with Gasteiger partial charge in [-0.05, 0) is 18.1 Å². The molecule has 0 spiro atoms. The molecule has 0 N–H and O–H groups in total. The van der Waals surface area contributed by atoms with Gasteiger partial charge in [-0.3, -0.25) is 9.69 Å². The Hall–Kier alpha value is -1.84. The van der Waals surface area contributed by atoms with E-state index in [-0.39, 0.29) is 11.8 Å². The van der Waals surface area contributed by atoms with Crippen molar-refractivity contribution >= 4 is 17.6 Å². The van der Waals surface area contributed by atoms with Crippen molar-refractivity contribution in [3.05, 3.63) is 71.8 Å². The van der Waals surface area contributed by atoms with Gasteiger partial charge in [-0.1, -0.05) is 60.7 Å². The fourth-order valence-corrected chi connectivity index (χ4v) is 2.78. The van der Waals surface area contributed by atoms with E-state index in [2.05, 4.69) is 29.2 Å². The summed E-state index contributed by atoms with van der Waals surface area (Å²) in [4.78, 5) is 14.3. The molecular weight excluding hydrogens is 310 g/mol. The average molecular weight is 332 g/mol. The molecule has 0 amide bonds. The lowest BCUT2D eigenvalue weighted by Gasteiger charge is -2.29. The first kappa shape index (κ1) is 17.5. The molecule has 2 aromatic rings. The molecule has 0 aromatic heterocycles. The van der Waals surface area contributed by atoms with Gasteiger partial charge in [-0.25, -0.2) is 0 Å². The summed E-state index contributed by atoms with van der Waals surface area (Å²) in [5, 5.41) is 0. The number of alkyl halides is 1. The standard InChI is InChI=1S/C19H22ClNO2/c1-2-23-19(22)18(13-20)21(14-16-9-5-3-6-10-16)15-17-11-7-4-8-12-17/h3-12,18H,2,13-15H2,1H3/t18-/m1/s1. The molecule has 0 saturated heterocycles. The van der Waals surface area contributed by atoms with Crippen molar-refractivity contribution in [2.24, 2.45) is 0 Å². The number of nitrogens with zero attached hydrogens (tertiary/aromatic N) is 1. The van der Waals surface area contributed by atoms with Crippen LogP contribution in [0.1, 0.15) is 18.1 Å². The number of hydrogen-bond acceptors (Lipinski definition) is 3. The highest BCUT2D eigenvalue weighted by molar-refractivity contribution is 6.19. The van der Waals surface area contributed by atoms with Crippen LogP contribution >= 0.6 is 11.6 Å². The van der Waals surface area contributed by atoms with Crippen LogP contribution in [0.4, 0.5) is 0 Å². The summed E-state index contributed by atoms with van der Waals surface area (Å²) in [5.41, 5.74) is 2.28. The number of carbonyl (C=O) groups is 1. The number of ether oxygens (including phenoxy) is 1. The number of carbonyl (C=O) groups excluding carboxylic acids is 1. The highest BCUT2D eigenvalue weighted by atomic mass is 35.5. The first-order chi connectivity index (χ1) is 11.2. The van der Waals surface area contributed by atoms with Crippen LogP contribution in [0.3, 0.4) is 0 Å². The van der Waals surface area contributed by atoms with Crippen molar-refractivity contribution in [1.82, 2.24) is 4.90 Å². The minimum atomic E-state index is -0.461. The molecule has 0 radical (unpaired) electrons. The molecule has 0 aliphatic heterocycles. The second kappa shape index (κ2) is 9.33. The van der Waals surface area contributed by atoms with Gasteiger partial charge >= 0.3 is 5.97 Å². The van der Waals surface area contributed by atoms with Crippen molar-refractivity contribution in [3.63, 3.8) is 0 Å². The molecule has 0 saturated carbocycles. The summed E-state index contributed by atoms with van der Waals surface area (Å²) in [6, 6.07) is 19.7. The third-order valence-electron chi connectivity index (χ3n) is 3.60. The zero-order valence-corrected chi connectivity index (χ0v) is 14.1. The SMILES string of the molecule is CCOC(=O)[C@@H](CCl)N(Cc1ccccc1)Cc1ccccc1. The zero-order valence-electron chi connectivity index (χ0n) is 13.3.